The van der Waals surface area contributed by atoms with Crippen LogP contribution in [-0.4, -0.2) is 34.2 Å². The maximum absolute atomic E-state index is 11.8. The summed E-state index contributed by atoms with van der Waals surface area (Å²) in [5.74, 6) is 0.347. The fraction of sp³-hybridized carbons (Fsp3) is 0.500. The van der Waals surface area contributed by atoms with E-state index in [-0.39, 0.29) is 0 Å². The smallest absolute Gasteiger partial charge is 0.137 e. The average Bonchev–Trinajstić information content (AvgIpc) is 2.77. The SMILES string of the molecule is CC.CC.COC.COC.O=C(CCCCc1ccccc1)Cc1ccccc1. The zero-order chi connectivity index (χ0) is 22.8. The number of hydrogen-bond acceptors (Lipinski definition) is 3. The summed E-state index contributed by atoms with van der Waals surface area (Å²) in [6.45, 7) is 8.00. The number of hydrogen-bond donors (Lipinski definition) is 0. The van der Waals surface area contributed by atoms with Crippen molar-refractivity contribution in [3.8, 4) is 0 Å². The van der Waals surface area contributed by atoms with Gasteiger partial charge < -0.3 is 9.47 Å². The minimum absolute atomic E-state index is 0.347. The highest BCUT2D eigenvalue weighted by molar-refractivity contribution is 5.80. The molecule has 0 atom stereocenters. The Morgan fingerprint density at radius 2 is 1.03 bits per heavy atom. The Morgan fingerprint density at radius 3 is 1.45 bits per heavy atom. The third-order valence-corrected chi connectivity index (χ3v) is 3.26. The molecule has 0 saturated heterocycles. The molecule has 0 amide bonds. The van der Waals surface area contributed by atoms with E-state index in [1.807, 2.05) is 64.1 Å². The van der Waals surface area contributed by atoms with Gasteiger partial charge in [-0.2, -0.15) is 0 Å². The Kier molecular flexibility index (Phi) is 30.9. The molecule has 0 aliphatic heterocycles. The largest absolute Gasteiger partial charge is 0.388 e. The number of methoxy groups -OCH3 is 2. The van der Waals surface area contributed by atoms with Gasteiger partial charge >= 0.3 is 0 Å². The standard InChI is InChI=1S/C18H20O.2C2H6O.2C2H6/c19-18(15-17-12-5-2-6-13-17)14-8-7-11-16-9-3-1-4-10-16;2*1-3-2;2*1-2/h1-6,9-10,12-13H,7-8,11,14-15H2;2*1-2H3;2*1-2H3. The van der Waals surface area contributed by atoms with Crippen molar-refractivity contribution >= 4 is 5.78 Å². The lowest BCUT2D eigenvalue weighted by atomic mass is 10.0. The maximum Gasteiger partial charge on any atom is 0.137 e. The summed E-state index contributed by atoms with van der Waals surface area (Å²) in [6, 6.07) is 20.4. The molecule has 0 aliphatic carbocycles. The van der Waals surface area contributed by atoms with E-state index in [0.29, 0.717) is 18.6 Å². The predicted octanol–water partition coefficient (Wildman–Crippen LogP) is 6.79. The minimum Gasteiger partial charge on any atom is -0.388 e. The molecule has 0 fully saturated rings. The van der Waals surface area contributed by atoms with Crippen LogP contribution in [0.3, 0.4) is 0 Å². The third-order valence-electron chi connectivity index (χ3n) is 3.26. The number of aryl methyl sites for hydroxylation is 1. The molecule has 3 heteroatoms. The van der Waals surface area contributed by atoms with Gasteiger partial charge in [-0.1, -0.05) is 88.4 Å². The predicted molar refractivity (Wildman–Crippen MR) is 128 cm³/mol. The van der Waals surface area contributed by atoms with Crippen LogP contribution in [0.1, 0.15) is 58.1 Å². The van der Waals surface area contributed by atoms with Crippen LogP contribution in [0.5, 0.6) is 0 Å². The maximum atomic E-state index is 11.8. The van der Waals surface area contributed by atoms with Crippen molar-refractivity contribution in [1.82, 2.24) is 0 Å². The van der Waals surface area contributed by atoms with Crippen LogP contribution in [0, 0.1) is 0 Å². The van der Waals surface area contributed by atoms with Crippen LogP contribution in [0.4, 0.5) is 0 Å². The molecule has 0 bridgehead atoms. The summed E-state index contributed by atoms with van der Waals surface area (Å²) in [7, 11) is 6.50. The van der Waals surface area contributed by atoms with E-state index in [9.17, 15) is 4.79 Å². The molecule has 0 spiro atoms. The number of Topliss-reactive ketones (excluding diaryl/α,β-unsaturated/α-hetero) is 1. The first-order chi connectivity index (χ1) is 14.2. The topological polar surface area (TPSA) is 35.5 Å². The monoisotopic (exact) mass is 404 g/mol. The Hall–Kier alpha value is -1.97. The number of unbranched alkanes of at least 4 members (excludes halogenated alkanes) is 1. The van der Waals surface area contributed by atoms with Crippen LogP contribution in [-0.2, 0) is 27.1 Å². The molecule has 29 heavy (non-hydrogen) atoms. The van der Waals surface area contributed by atoms with E-state index in [4.69, 9.17) is 0 Å². The molecule has 2 aromatic rings. The lowest BCUT2D eigenvalue weighted by molar-refractivity contribution is -0.118. The Balaban J connectivity index is -0.000000579. The second-order valence-corrected chi connectivity index (χ2v) is 5.71. The van der Waals surface area contributed by atoms with Crippen LogP contribution < -0.4 is 0 Å². The Morgan fingerprint density at radius 1 is 0.655 bits per heavy atom. The highest BCUT2D eigenvalue weighted by Gasteiger charge is 2.03. The van der Waals surface area contributed by atoms with Crippen molar-refractivity contribution in [1.29, 1.82) is 0 Å². The summed E-state index contributed by atoms with van der Waals surface area (Å²) >= 11 is 0. The molecule has 0 N–H and O–H groups in total. The number of carbonyl (C=O) groups excluding carboxylic acids is 1. The van der Waals surface area contributed by atoms with Gasteiger partial charge in [0.05, 0.1) is 0 Å². The normalized spacial score (nSPS) is 8.41. The van der Waals surface area contributed by atoms with E-state index in [1.54, 1.807) is 28.4 Å². The molecule has 0 aromatic heterocycles. The fourth-order valence-electron chi connectivity index (χ4n) is 2.21. The van der Waals surface area contributed by atoms with Crippen LogP contribution in [0.2, 0.25) is 0 Å². The van der Waals surface area contributed by atoms with Gasteiger partial charge in [0.1, 0.15) is 5.78 Å². The van der Waals surface area contributed by atoms with Crippen molar-refractivity contribution in [2.24, 2.45) is 0 Å². The molecule has 0 saturated carbocycles. The zero-order valence-corrected chi connectivity index (χ0v) is 20.0. The molecule has 0 aliphatic rings. The van der Waals surface area contributed by atoms with E-state index in [0.717, 1.165) is 24.8 Å². The first kappa shape index (κ1) is 31.7. The highest BCUT2D eigenvalue weighted by atomic mass is 16.5. The molecule has 0 heterocycles. The van der Waals surface area contributed by atoms with Crippen molar-refractivity contribution in [3.63, 3.8) is 0 Å². The van der Waals surface area contributed by atoms with Gasteiger partial charge in [0.25, 0.3) is 0 Å². The molecule has 3 nitrogen and oxygen atoms in total. The first-order valence-corrected chi connectivity index (χ1v) is 10.6. The molecular formula is C26H44O3. The second-order valence-electron chi connectivity index (χ2n) is 5.71. The van der Waals surface area contributed by atoms with E-state index < -0.39 is 0 Å². The summed E-state index contributed by atoms with van der Waals surface area (Å²) < 4.78 is 8.50. The first-order valence-electron chi connectivity index (χ1n) is 10.6. The van der Waals surface area contributed by atoms with E-state index in [1.165, 1.54) is 5.56 Å². The Bertz CT molecular complexity index is 522. The van der Waals surface area contributed by atoms with Gasteiger partial charge in [0.2, 0.25) is 0 Å². The second kappa shape index (κ2) is 28.2. The zero-order valence-electron chi connectivity index (χ0n) is 20.0. The minimum atomic E-state index is 0.347. The lowest BCUT2D eigenvalue weighted by Crippen LogP contribution is -2.02. The number of ether oxygens (including phenoxy) is 2. The third kappa shape index (κ3) is 24.0. The number of ketones is 1. The quantitative estimate of drug-likeness (QED) is 0.477. The molecule has 166 valence electrons. The van der Waals surface area contributed by atoms with Gasteiger partial charge in [0.15, 0.2) is 0 Å². The van der Waals surface area contributed by atoms with Gasteiger partial charge in [-0.05, 0) is 30.4 Å². The van der Waals surface area contributed by atoms with Crippen LogP contribution >= 0.6 is 0 Å². The summed E-state index contributed by atoms with van der Waals surface area (Å²) in [5, 5.41) is 0. The fourth-order valence-corrected chi connectivity index (χ4v) is 2.21. The Labute approximate surface area is 180 Å². The molecule has 2 aromatic carbocycles. The summed E-state index contributed by atoms with van der Waals surface area (Å²) in [4.78, 5) is 11.8. The number of rotatable bonds is 7. The number of benzene rings is 2. The van der Waals surface area contributed by atoms with Gasteiger partial charge in [-0.25, -0.2) is 0 Å². The lowest BCUT2D eigenvalue weighted by Gasteiger charge is -2.02. The van der Waals surface area contributed by atoms with Crippen molar-refractivity contribution in [2.75, 3.05) is 28.4 Å². The molecule has 0 unspecified atom stereocenters. The van der Waals surface area contributed by atoms with Gasteiger partial charge in [-0.3, -0.25) is 4.79 Å². The number of carbonyl (C=O) groups is 1. The average molecular weight is 405 g/mol. The van der Waals surface area contributed by atoms with E-state index >= 15 is 0 Å². The van der Waals surface area contributed by atoms with Crippen LogP contribution in [0.25, 0.3) is 0 Å². The highest BCUT2D eigenvalue weighted by Crippen LogP contribution is 2.08. The van der Waals surface area contributed by atoms with Crippen molar-refractivity contribution in [2.45, 2.75) is 59.8 Å². The summed E-state index contributed by atoms with van der Waals surface area (Å²) in [5.41, 5.74) is 2.48. The van der Waals surface area contributed by atoms with Gasteiger partial charge in [-0.15, -0.1) is 0 Å². The van der Waals surface area contributed by atoms with Crippen molar-refractivity contribution < 1.29 is 14.3 Å². The van der Waals surface area contributed by atoms with Crippen molar-refractivity contribution in [3.05, 3.63) is 71.8 Å². The molecule has 0 radical (unpaired) electrons. The molecule has 2 rings (SSSR count). The van der Waals surface area contributed by atoms with Gasteiger partial charge in [0, 0.05) is 41.3 Å². The molecular weight excluding hydrogens is 360 g/mol. The van der Waals surface area contributed by atoms with Crippen LogP contribution in [0.15, 0.2) is 60.7 Å². The summed E-state index contributed by atoms with van der Waals surface area (Å²) in [6.07, 6.45) is 4.42. The van der Waals surface area contributed by atoms with E-state index in [2.05, 4.69) is 33.7 Å².